The van der Waals surface area contributed by atoms with Crippen molar-refractivity contribution >= 4 is 11.3 Å². The Kier molecular flexibility index (Phi) is 4.98. The van der Waals surface area contributed by atoms with Crippen molar-refractivity contribution in [1.29, 1.82) is 0 Å². The molecule has 4 heteroatoms. The molecule has 1 aromatic rings. The van der Waals surface area contributed by atoms with E-state index in [9.17, 15) is 0 Å². The van der Waals surface area contributed by atoms with Gasteiger partial charge in [-0.25, -0.2) is 4.98 Å². The third-order valence-electron chi connectivity index (χ3n) is 3.65. The quantitative estimate of drug-likeness (QED) is 0.920. The van der Waals surface area contributed by atoms with E-state index in [2.05, 4.69) is 43.0 Å². The highest BCUT2D eigenvalue weighted by Gasteiger charge is 2.19. The zero-order chi connectivity index (χ0) is 13.9. The summed E-state index contributed by atoms with van der Waals surface area (Å²) in [5.41, 5.74) is 0.176. The van der Waals surface area contributed by atoms with Gasteiger partial charge < -0.3 is 10.2 Å². The highest BCUT2D eigenvalue weighted by molar-refractivity contribution is 7.11. The summed E-state index contributed by atoms with van der Waals surface area (Å²) in [6.07, 6.45) is 4.75. The van der Waals surface area contributed by atoms with Crippen LogP contribution in [0.5, 0.6) is 0 Å². The zero-order valence-electron chi connectivity index (χ0n) is 12.7. The van der Waals surface area contributed by atoms with E-state index in [0.29, 0.717) is 0 Å². The lowest BCUT2D eigenvalue weighted by Crippen LogP contribution is -2.37. The Morgan fingerprint density at radius 1 is 1.47 bits per heavy atom. The number of rotatable bonds is 4. The van der Waals surface area contributed by atoms with Gasteiger partial charge in [0.1, 0.15) is 0 Å². The van der Waals surface area contributed by atoms with E-state index in [1.54, 1.807) is 0 Å². The van der Waals surface area contributed by atoms with Crippen molar-refractivity contribution in [3.05, 3.63) is 16.1 Å². The van der Waals surface area contributed by atoms with Gasteiger partial charge in [0.05, 0.1) is 5.01 Å². The molecule has 0 radical (unpaired) electrons. The number of nitrogens with one attached hydrogen (secondary N) is 1. The Hall–Kier alpha value is -0.450. The van der Waals surface area contributed by atoms with Crippen molar-refractivity contribution in [2.75, 3.05) is 26.7 Å². The van der Waals surface area contributed by atoms with Crippen LogP contribution in [-0.2, 0) is 12.0 Å². The summed E-state index contributed by atoms with van der Waals surface area (Å²) in [5.74, 6) is 0.814. The van der Waals surface area contributed by atoms with E-state index in [4.69, 9.17) is 0 Å². The molecule has 1 fully saturated rings. The molecule has 0 saturated carbocycles. The van der Waals surface area contributed by atoms with E-state index < -0.39 is 0 Å². The van der Waals surface area contributed by atoms with Crippen LogP contribution in [-0.4, -0.2) is 36.6 Å². The second-order valence-electron chi connectivity index (χ2n) is 6.78. The van der Waals surface area contributed by atoms with Crippen molar-refractivity contribution in [1.82, 2.24) is 15.2 Å². The van der Waals surface area contributed by atoms with Gasteiger partial charge in [-0.05, 0) is 38.9 Å². The standard InChI is InChI=1S/C15H27N3S/c1-15(2,3)14-17-10-13(19-14)9-16-8-12-6-5-7-18(4)11-12/h10,12,16H,5-9,11H2,1-4H3. The molecule has 0 spiro atoms. The number of thiazole rings is 1. The van der Waals surface area contributed by atoms with Crippen molar-refractivity contribution in [3.63, 3.8) is 0 Å². The molecular weight excluding hydrogens is 254 g/mol. The van der Waals surface area contributed by atoms with Crippen LogP contribution in [0.15, 0.2) is 6.20 Å². The second kappa shape index (κ2) is 6.33. The van der Waals surface area contributed by atoms with Crippen molar-refractivity contribution < 1.29 is 0 Å². The minimum absolute atomic E-state index is 0.176. The highest BCUT2D eigenvalue weighted by Crippen LogP contribution is 2.26. The molecule has 1 aromatic heterocycles. The smallest absolute Gasteiger partial charge is 0.0981 e. The molecule has 0 aromatic carbocycles. The van der Waals surface area contributed by atoms with Crippen molar-refractivity contribution in [2.45, 2.75) is 45.6 Å². The predicted octanol–water partition coefficient (Wildman–Crippen LogP) is 2.87. The first-order valence-electron chi connectivity index (χ1n) is 7.29. The molecular formula is C15H27N3S. The number of likely N-dealkylation sites (tertiary alicyclic amines) is 1. The van der Waals surface area contributed by atoms with Gasteiger partial charge in [0, 0.05) is 29.6 Å². The molecule has 1 unspecified atom stereocenters. The fourth-order valence-corrected chi connectivity index (χ4v) is 3.51. The average Bonchev–Trinajstić information content (AvgIpc) is 2.77. The average molecular weight is 281 g/mol. The lowest BCUT2D eigenvalue weighted by atomic mass is 9.98. The Bertz CT molecular complexity index is 394. The molecule has 3 nitrogen and oxygen atoms in total. The van der Waals surface area contributed by atoms with Crippen LogP contribution in [0.2, 0.25) is 0 Å². The van der Waals surface area contributed by atoms with Gasteiger partial charge in [0.25, 0.3) is 0 Å². The van der Waals surface area contributed by atoms with E-state index >= 15 is 0 Å². The summed E-state index contributed by atoms with van der Waals surface area (Å²) >= 11 is 1.84. The molecule has 108 valence electrons. The molecule has 0 bridgehead atoms. The number of piperidine rings is 1. The Balaban J connectivity index is 1.75. The van der Waals surface area contributed by atoms with Gasteiger partial charge in [-0.1, -0.05) is 20.8 Å². The largest absolute Gasteiger partial charge is 0.311 e. The second-order valence-corrected chi connectivity index (χ2v) is 7.90. The van der Waals surface area contributed by atoms with Crippen LogP contribution in [0.25, 0.3) is 0 Å². The first-order chi connectivity index (χ1) is 8.95. The van der Waals surface area contributed by atoms with E-state index in [1.165, 1.54) is 35.8 Å². The van der Waals surface area contributed by atoms with E-state index in [0.717, 1.165) is 19.0 Å². The van der Waals surface area contributed by atoms with Crippen molar-refractivity contribution in [3.8, 4) is 0 Å². The highest BCUT2D eigenvalue weighted by atomic mass is 32.1. The van der Waals surface area contributed by atoms with Gasteiger partial charge >= 0.3 is 0 Å². The minimum Gasteiger partial charge on any atom is -0.311 e. The Morgan fingerprint density at radius 3 is 2.89 bits per heavy atom. The monoisotopic (exact) mass is 281 g/mol. The predicted molar refractivity (Wildman–Crippen MR) is 82.7 cm³/mol. The van der Waals surface area contributed by atoms with Gasteiger partial charge in [-0.2, -0.15) is 0 Å². The summed E-state index contributed by atoms with van der Waals surface area (Å²) in [7, 11) is 2.23. The number of nitrogens with zero attached hydrogens (tertiary/aromatic N) is 2. The minimum atomic E-state index is 0.176. The molecule has 1 aliphatic rings. The zero-order valence-corrected chi connectivity index (χ0v) is 13.5. The first-order valence-corrected chi connectivity index (χ1v) is 8.11. The molecule has 19 heavy (non-hydrogen) atoms. The molecule has 1 N–H and O–H groups in total. The van der Waals surface area contributed by atoms with Crippen molar-refractivity contribution in [2.24, 2.45) is 5.92 Å². The molecule has 0 amide bonds. The number of aromatic nitrogens is 1. The summed E-state index contributed by atoms with van der Waals surface area (Å²) in [6.45, 7) is 11.3. The lowest BCUT2D eigenvalue weighted by Gasteiger charge is -2.29. The maximum Gasteiger partial charge on any atom is 0.0981 e. The first kappa shape index (κ1) is 14.9. The Morgan fingerprint density at radius 2 is 2.26 bits per heavy atom. The summed E-state index contributed by atoms with van der Waals surface area (Å²) in [4.78, 5) is 8.34. The molecule has 2 rings (SSSR count). The van der Waals surface area contributed by atoms with Crippen LogP contribution in [0.3, 0.4) is 0 Å². The maximum atomic E-state index is 4.54. The fraction of sp³-hybridized carbons (Fsp3) is 0.800. The van der Waals surface area contributed by atoms with Crippen LogP contribution < -0.4 is 5.32 Å². The molecule has 1 aliphatic heterocycles. The topological polar surface area (TPSA) is 28.2 Å². The lowest BCUT2D eigenvalue weighted by molar-refractivity contribution is 0.206. The van der Waals surface area contributed by atoms with Gasteiger partial charge in [-0.15, -0.1) is 11.3 Å². The fourth-order valence-electron chi connectivity index (χ4n) is 2.58. The van der Waals surface area contributed by atoms with Crippen LogP contribution in [0, 0.1) is 5.92 Å². The Labute approximate surface area is 121 Å². The molecule has 1 saturated heterocycles. The summed E-state index contributed by atoms with van der Waals surface area (Å²) in [6, 6.07) is 0. The SMILES string of the molecule is CN1CCCC(CNCc2cnc(C(C)(C)C)s2)C1. The van der Waals surface area contributed by atoms with Gasteiger partial charge in [0.15, 0.2) is 0 Å². The van der Waals surface area contributed by atoms with Crippen LogP contribution >= 0.6 is 11.3 Å². The van der Waals surface area contributed by atoms with Gasteiger partial charge in [-0.3, -0.25) is 0 Å². The van der Waals surface area contributed by atoms with Gasteiger partial charge in [0.2, 0.25) is 0 Å². The summed E-state index contributed by atoms with van der Waals surface area (Å²) < 4.78 is 0. The van der Waals surface area contributed by atoms with Crippen LogP contribution in [0.1, 0.15) is 43.5 Å². The normalized spacial score (nSPS) is 21.8. The molecule has 1 atom stereocenters. The van der Waals surface area contributed by atoms with E-state index in [-0.39, 0.29) is 5.41 Å². The third-order valence-corrected chi connectivity index (χ3v) is 5.07. The molecule has 0 aliphatic carbocycles. The summed E-state index contributed by atoms with van der Waals surface area (Å²) in [5, 5.41) is 4.84. The maximum absolute atomic E-state index is 4.54. The van der Waals surface area contributed by atoms with Crippen LogP contribution in [0.4, 0.5) is 0 Å². The van der Waals surface area contributed by atoms with E-state index in [1.807, 2.05) is 17.5 Å². The number of hydrogen-bond donors (Lipinski definition) is 1. The number of hydrogen-bond acceptors (Lipinski definition) is 4. The molecule has 2 heterocycles. The third kappa shape index (κ3) is 4.55.